The zero-order valence-electron chi connectivity index (χ0n) is 23.8. The zero-order valence-corrected chi connectivity index (χ0v) is 23.8. The van der Waals surface area contributed by atoms with E-state index in [0.29, 0.717) is 45.4 Å². The summed E-state index contributed by atoms with van der Waals surface area (Å²) in [6, 6.07) is 8.23. The van der Waals surface area contributed by atoms with Gasteiger partial charge in [0, 0.05) is 22.7 Å². The molecule has 4 rings (SSSR count). The molecule has 0 saturated heterocycles. The van der Waals surface area contributed by atoms with Crippen molar-refractivity contribution in [3.63, 3.8) is 0 Å². The second-order valence-corrected chi connectivity index (χ2v) is 10.1. The summed E-state index contributed by atoms with van der Waals surface area (Å²) in [6.45, 7) is 7.53. The highest BCUT2D eigenvalue weighted by Crippen LogP contribution is 2.42. The minimum absolute atomic E-state index is 0.00917. The lowest BCUT2D eigenvalue weighted by Gasteiger charge is -2.30. The lowest BCUT2D eigenvalue weighted by Crippen LogP contribution is -2.41. The molecule has 0 aliphatic heterocycles. The normalized spacial score (nSPS) is 12.7. The summed E-state index contributed by atoms with van der Waals surface area (Å²) in [5.74, 6) is -2.59. The molecule has 0 aliphatic rings. The summed E-state index contributed by atoms with van der Waals surface area (Å²) in [5.41, 5.74) is -2.06. The quantitative estimate of drug-likeness (QED) is 0.203. The van der Waals surface area contributed by atoms with Crippen molar-refractivity contribution in [1.29, 1.82) is 0 Å². The van der Waals surface area contributed by atoms with E-state index < -0.39 is 28.9 Å². The number of aliphatic hydroxyl groups is 1. The highest BCUT2D eigenvalue weighted by Gasteiger charge is 2.49. The molecule has 0 aliphatic carbocycles. The van der Waals surface area contributed by atoms with Crippen molar-refractivity contribution in [3.05, 3.63) is 77.1 Å². The number of halogens is 3. The van der Waals surface area contributed by atoms with Crippen LogP contribution >= 0.6 is 0 Å². The Morgan fingerprint density at radius 2 is 1.78 bits per heavy atom. The third-order valence-electron chi connectivity index (χ3n) is 6.66. The summed E-state index contributed by atoms with van der Waals surface area (Å²) in [6.07, 6.45) is 3.25. The van der Waals surface area contributed by atoms with Crippen molar-refractivity contribution >= 4 is 16.7 Å². The lowest BCUT2D eigenvalue weighted by molar-refractivity contribution is -0.170. The number of benzene rings is 2. The summed E-state index contributed by atoms with van der Waals surface area (Å²) in [7, 11) is 1.53. The highest BCUT2D eigenvalue weighted by atomic mass is 19.3. The molecule has 0 fully saturated rings. The Hall–Kier alpha value is -4.12. The largest absolute Gasteiger partial charge is 0.493 e. The molecular formula is C30H33F3N4O4. The number of pyridine rings is 1. The minimum atomic E-state index is -3.81. The molecule has 0 radical (unpaired) electrons. The number of aromatic nitrogens is 3. The van der Waals surface area contributed by atoms with Crippen molar-refractivity contribution in [3.8, 4) is 17.2 Å². The Bertz CT molecular complexity index is 1530. The third-order valence-corrected chi connectivity index (χ3v) is 6.66. The molecule has 0 bridgehead atoms. The molecule has 4 aromatic rings. The first-order valence-corrected chi connectivity index (χ1v) is 13.0. The van der Waals surface area contributed by atoms with Crippen LogP contribution in [0.2, 0.25) is 0 Å². The van der Waals surface area contributed by atoms with Crippen molar-refractivity contribution in [2.75, 3.05) is 25.6 Å². The van der Waals surface area contributed by atoms with Gasteiger partial charge in [-0.1, -0.05) is 12.1 Å². The fraction of sp³-hybridized carbons (Fsp3) is 0.367. The first-order chi connectivity index (χ1) is 19.3. The monoisotopic (exact) mass is 570 g/mol. The fourth-order valence-corrected chi connectivity index (χ4v) is 4.45. The number of anilines is 1. The molecule has 0 amide bonds. The maximum atomic E-state index is 15.5. The molecule has 2 heterocycles. The van der Waals surface area contributed by atoms with Crippen LogP contribution in [-0.2, 0) is 5.92 Å². The lowest BCUT2D eigenvalue weighted by atomic mass is 9.91. The molecule has 2 aromatic heterocycles. The molecule has 8 nitrogen and oxygen atoms in total. The summed E-state index contributed by atoms with van der Waals surface area (Å²) >= 11 is 0. The smallest absolute Gasteiger partial charge is 0.303 e. The predicted octanol–water partition coefficient (Wildman–Crippen LogP) is 6.28. The Labute approximate surface area is 236 Å². The molecule has 0 spiro atoms. The number of nitrogens with zero attached hydrogens (tertiary/aromatic N) is 3. The van der Waals surface area contributed by atoms with Crippen LogP contribution in [0.15, 0.2) is 48.8 Å². The van der Waals surface area contributed by atoms with Crippen molar-refractivity contribution in [1.82, 2.24) is 15.0 Å². The number of ether oxygens (including phenoxy) is 3. The third kappa shape index (κ3) is 6.14. The van der Waals surface area contributed by atoms with Gasteiger partial charge in [0.2, 0.25) is 0 Å². The van der Waals surface area contributed by atoms with Crippen LogP contribution in [0.5, 0.6) is 17.2 Å². The number of hydrogen-bond donors (Lipinski definition) is 2. The fourth-order valence-electron chi connectivity index (χ4n) is 4.45. The average molecular weight is 571 g/mol. The Morgan fingerprint density at radius 3 is 2.44 bits per heavy atom. The van der Waals surface area contributed by atoms with E-state index in [1.807, 2.05) is 6.92 Å². The molecular weight excluding hydrogens is 537 g/mol. The highest BCUT2D eigenvalue weighted by molar-refractivity contribution is 5.94. The molecule has 2 aromatic carbocycles. The SMILES string of the molecule is COc1c(OCCOc2cccnc2)cc2c(N[C@H](C)c3cccc(C(F)(F)C(C)(C)O)c3F)nc(C)nc2c1C. The van der Waals surface area contributed by atoms with Gasteiger partial charge in [-0.2, -0.15) is 8.78 Å². The van der Waals surface area contributed by atoms with E-state index in [4.69, 9.17) is 14.2 Å². The number of alkyl halides is 2. The van der Waals surface area contributed by atoms with E-state index in [0.717, 1.165) is 19.9 Å². The van der Waals surface area contributed by atoms with Crippen molar-refractivity contribution in [2.45, 2.75) is 52.2 Å². The van der Waals surface area contributed by atoms with Crippen molar-refractivity contribution in [2.24, 2.45) is 0 Å². The second kappa shape index (κ2) is 11.8. The number of nitrogens with one attached hydrogen (secondary N) is 1. The molecule has 0 unspecified atom stereocenters. The van der Waals surface area contributed by atoms with Crippen LogP contribution in [0.3, 0.4) is 0 Å². The number of rotatable bonds is 11. The Morgan fingerprint density at radius 1 is 1.05 bits per heavy atom. The average Bonchev–Trinajstić information content (AvgIpc) is 2.91. The number of fused-ring (bicyclic) bond motifs is 1. The maximum absolute atomic E-state index is 15.5. The van der Waals surface area contributed by atoms with Crippen LogP contribution in [0.25, 0.3) is 10.9 Å². The molecule has 218 valence electrons. The van der Waals surface area contributed by atoms with Crippen LogP contribution in [0, 0.1) is 19.7 Å². The van der Waals surface area contributed by atoms with Gasteiger partial charge in [0.15, 0.2) is 11.5 Å². The van der Waals surface area contributed by atoms with Gasteiger partial charge in [0.05, 0.1) is 30.4 Å². The maximum Gasteiger partial charge on any atom is 0.303 e. The van der Waals surface area contributed by atoms with E-state index >= 15 is 4.39 Å². The topological polar surface area (TPSA) is 98.6 Å². The number of methoxy groups -OCH3 is 1. The van der Waals surface area contributed by atoms with E-state index in [1.165, 1.54) is 19.2 Å². The van der Waals surface area contributed by atoms with Gasteiger partial charge in [-0.3, -0.25) is 4.98 Å². The summed E-state index contributed by atoms with van der Waals surface area (Å²) in [5, 5.41) is 13.7. The predicted molar refractivity (Wildman–Crippen MR) is 149 cm³/mol. The van der Waals surface area contributed by atoms with E-state index in [2.05, 4.69) is 20.3 Å². The Kier molecular flexibility index (Phi) is 8.58. The van der Waals surface area contributed by atoms with E-state index in [1.54, 1.807) is 44.4 Å². The second-order valence-electron chi connectivity index (χ2n) is 10.1. The minimum Gasteiger partial charge on any atom is -0.493 e. The molecule has 11 heteroatoms. The molecule has 2 N–H and O–H groups in total. The van der Waals surface area contributed by atoms with Crippen LogP contribution < -0.4 is 19.5 Å². The standard InChI is InChI=1S/C30H33F3N4O4/c1-17-26-22(15-24(27(17)39-6)41-14-13-40-20-9-8-12-34-16-20)28(37-19(3)36-26)35-18(2)21-10-7-11-23(25(21)31)30(32,33)29(4,5)38/h7-12,15-16,18,38H,13-14H2,1-6H3,(H,35,36,37)/t18-/m1/s1. The molecule has 41 heavy (non-hydrogen) atoms. The summed E-state index contributed by atoms with van der Waals surface area (Å²) in [4.78, 5) is 13.1. The van der Waals surface area contributed by atoms with Gasteiger partial charge >= 0.3 is 5.92 Å². The van der Waals surface area contributed by atoms with Crippen molar-refractivity contribution < 1.29 is 32.5 Å². The van der Waals surface area contributed by atoms with Gasteiger partial charge in [0.25, 0.3) is 0 Å². The number of aryl methyl sites for hydroxylation is 2. The van der Waals surface area contributed by atoms with Gasteiger partial charge in [-0.05, 0) is 58.9 Å². The first-order valence-electron chi connectivity index (χ1n) is 13.0. The Balaban J connectivity index is 1.66. The van der Waals surface area contributed by atoms with Gasteiger partial charge in [-0.15, -0.1) is 0 Å². The van der Waals surface area contributed by atoms with E-state index in [-0.39, 0.29) is 18.8 Å². The number of hydrogen-bond acceptors (Lipinski definition) is 8. The first kappa shape index (κ1) is 29.9. The van der Waals surface area contributed by atoms with E-state index in [9.17, 15) is 13.9 Å². The van der Waals surface area contributed by atoms with Gasteiger partial charge < -0.3 is 24.6 Å². The van der Waals surface area contributed by atoms with Gasteiger partial charge in [-0.25, -0.2) is 14.4 Å². The zero-order chi connectivity index (χ0) is 29.9. The van der Waals surface area contributed by atoms with Gasteiger partial charge in [0.1, 0.15) is 42.0 Å². The van der Waals surface area contributed by atoms with Crippen LogP contribution in [-0.4, -0.2) is 46.0 Å². The summed E-state index contributed by atoms with van der Waals surface area (Å²) < 4.78 is 62.5. The molecule has 0 saturated carbocycles. The molecule has 1 atom stereocenters. The van der Waals surface area contributed by atoms with Crippen LogP contribution in [0.1, 0.15) is 49.3 Å². The van der Waals surface area contributed by atoms with Crippen LogP contribution in [0.4, 0.5) is 19.0 Å².